The second-order valence-electron chi connectivity index (χ2n) is 5.99. The first-order valence-corrected chi connectivity index (χ1v) is 8.19. The fourth-order valence-electron chi connectivity index (χ4n) is 2.23. The number of ether oxygens (including phenoxy) is 1. The largest absolute Gasteiger partial charge is 0.453 e. The molecule has 0 unspecified atom stereocenters. The highest BCUT2D eigenvalue weighted by Crippen LogP contribution is 2.17. The molecule has 26 heavy (non-hydrogen) atoms. The molecule has 7 heteroatoms. The molecule has 2 rings (SSSR count). The Morgan fingerprint density at radius 1 is 0.885 bits per heavy atom. The fraction of sp³-hybridized carbons (Fsp3) is 0.263. The summed E-state index contributed by atoms with van der Waals surface area (Å²) in [4.78, 5) is 25.5. The Bertz CT molecular complexity index is 742. The van der Waals surface area contributed by atoms with Gasteiger partial charge in [0, 0.05) is 36.8 Å². The number of carbonyl (C=O) groups excluding carboxylic acids is 2. The molecule has 2 aromatic rings. The number of benzene rings is 2. The van der Waals surface area contributed by atoms with Crippen LogP contribution in [-0.4, -0.2) is 39.2 Å². The topological polar surface area (TPSA) is 82.7 Å². The lowest BCUT2D eigenvalue weighted by Crippen LogP contribution is -2.31. The Labute approximate surface area is 153 Å². The summed E-state index contributed by atoms with van der Waals surface area (Å²) in [7, 11) is 5.23. The minimum absolute atomic E-state index is 0.139. The summed E-state index contributed by atoms with van der Waals surface area (Å²) in [5.74, 6) is -0.139. The third-order valence-corrected chi connectivity index (χ3v) is 3.74. The summed E-state index contributed by atoms with van der Waals surface area (Å²) in [6.45, 7) is 1.78. The number of methoxy groups -OCH3 is 1. The Hall–Kier alpha value is -3.22. The van der Waals surface area contributed by atoms with Crippen molar-refractivity contribution in [2.75, 3.05) is 42.1 Å². The highest BCUT2D eigenvalue weighted by molar-refractivity contribution is 5.96. The van der Waals surface area contributed by atoms with Gasteiger partial charge in [-0.05, 0) is 55.5 Å². The number of rotatable bonds is 6. The minimum Gasteiger partial charge on any atom is -0.453 e. The van der Waals surface area contributed by atoms with Gasteiger partial charge in [-0.25, -0.2) is 4.79 Å². The van der Waals surface area contributed by atoms with Crippen LogP contribution in [0.3, 0.4) is 0 Å². The van der Waals surface area contributed by atoms with Gasteiger partial charge < -0.3 is 20.3 Å². The normalized spacial score (nSPS) is 11.2. The number of hydrogen-bond acceptors (Lipinski definition) is 5. The first-order valence-electron chi connectivity index (χ1n) is 8.19. The summed E-state index contributed by atoms with van der Waals surface area (Å²) in [6, 6.07) is 14.2. The quantitative estimate of drug-likeness (QED) is 0.739. The van der Waals surface area contributed by atoms with Crippen molar-refractivity contribution < 1.29 is 14.3 Å². The summed E-state index contributed by atoms with van der Waals surface area (Å²) in [5.41, 5.74) is 3.19. The maximum Gasteiger partial charge on any atom is 0.411 e. The molecule has 138 valence electrons. The predicted octanol–water partition coefficient (Wildman–Crippen LogP) is 3.37. The SMILES string of the molecule is COC(=O)Nc1ccc(N[C@H](C)C(=O)Nc2ccc(N(C)C)cc2)cc1. The number of nitrogens with one attached hydrogen (secondary N) is 3. The first-order chi connectivity index (χ1) is 12.4. The van der Waals surface area contributed by atoms with Crippen molar-refractivity contribution in [3.05, 3.63) is 48.5 Å². The second-order valence-corrected chi connectivity index (χ2v) is 5.99. The van der Waals surface area contributed by atoms with E-state index in [-0.39, 0.29) is 5.91 Å². The van der Waals surface area contributed by atoms with E-state index in [0.29, 0.717) is 5.69 Å². The molecule has 0 radical (unpaired) electrons. The van der Waals surface area contributed by atoms with Gasteiger partial charge in [0.15, 0.2) is 0 Å². The molecule has 0 aliphatic rings. The van der Waals surface area contributed by atoms with E-state index in [0.717, 1.165) is 17.1 Å². The molecule has 2 aromatic carbocycles. The number of nitrogens with zero attached hydrogens (tertiary/aromatic N) is 1. The van der Waals surface area contributed by atoms with Crippen LogP contribution in [0.25, 0.3) is 0 Å². The van der Waals surface area contributed by atoms with Gasteiger partial charge in [-0.3, -0.25) is 10.1 Å². The number of anilines is 4. The van der Waals surface area contributed by atoms with Gasteiger partial charge in [0.05, 0.1) is 7.11 Å². The molecule has 2 amide bonds. The van der Waals surface area contributed by atoms with Crippen molar-refractivity contribution in [1.82, 2.24) is 0 Å². The lowest BCUT2D eigenvalue weighted by Gasteiger charge is -2.17. The Balaban J connectivity index is 1.91. The summed E-state index contributed by atoms with van der Waals surface area (Å²) in [5, 5.41) is 8.57. The van der Waals surface area contributed by atoms with E-state index < -0.39 is 12.1 Å². The van der Waals surface area contributed by atoms with Crippen LogP contribution < -0.4 is 20.9 Å². The molecular weight excluding hydrogens is 332 g/mol. The van der Waals surface area contributed by atoms with Crippen LogP contribution in [0, 0.1) is 0 Å². The molecular formula is C19H24N4O3. The van der Waals surface area contributed by atoms with Crippen LogP contribution in [0.15, 0.2) is 48.5 Å². The van der Waals surface area contributed by atoms with Gasteiger partial charge in [0.2, 0.25) is 5.91 Å². The van der Waals surface area contributed by atoms with Crippen molar-refractivity contribution >= 4 is 34.7 Å². The molecule has 0 aliphatic carbocycles. The molecule has 0 bridgehead atoms. The van der Waals surface area contributed by atoms with Crippen LogP contribution in [0.1, 0.15) is 6.92 Å². The number of amides is 2. The molecule has 0 aliphatic heterocycles. The lowest BCUT2D eigenvalue weighted by molar-refractivity contribution is -0.116. The predicted molar refractivity (Wildman–Crippen MR) is 105 cm³/mol. The fourth-order valence-corrected chi connectivity index (χ4v) is 2.23. The molecule has 0 saturated carbocycles. The zero-order valence-corrected chi connectivity index (χ0v) is 15.4. The highest BCUT2D eigenvalue weighted by atomic mass is 16.5. The van der Waals surface area contributed by atoms with Gasteiger partial charge in [-0.1, -0.05) is 0 Å². The summed E-state index contributed by atoms with van der Waals surface area (Å²) in [6.07, 6.45) is -0.529. The van der Waals surface area contributed by atoms with Crippen molar-refractivity contribution in [3.8, 4) is 0 Å². The number of hydrogen-bond donors (Lipinski definition) is 3. The van der Waals surface area contributed by atoms with E-state index >= 15 is 0 Å². The van der Waals surface area contributed by atoms with E-state index in [1.807, 2.05) is 43.3 Å². The average molecular weight is 356 g/mol. The second kappa shape index (κ2) is 8.75. The molecule has 0 fully saturated rings. The maximum absolute atomic E-state index is 12.3. The van der Waals surface area contributed by atoms with Crippen LogP contribution in [0.4, 0.5) is 27.5 Å². The lowest BCUT2D eigenvalue weighted by atomic mass is 10.2. The van der Waals surface area contributed by atoms with Gasteiger partial charge in [-0.2, -0.15) is 0 Å². The molecule has 7 nitrogen and oxygen atoms in total. The monoisotopic (exact) mass is 356 g/mol. The van der Waals surface area contributed by atoms with Gasteiger partial charge in [0.25, 0.3) is 0 Å². The molecule has 0 spiro atoms. The van der Waals surface area contributed by atoms with Crippen LogP contribution in [-0.2, 0) is 9.53 Å². The summed E-state index contributed by atoms with van der Waals surface area (Å²) >= 11 is 0. The Morgan fingerprint density at radius 3 is 1.92 bits per heavy atom. The first kappa shape index (κ1) is 19.1. The smallest absolute Gasteiger partial charge is 0.411 e. The third-order valence-electron chi connectivity index (χ3n) is 3.74. The van der Waals surface area contributed by atoms with E-state index in [4.69, 9.17) is 0 Å². The molecule has 0 saturated heterocycles. The Kier molecular flexibility index (Phi) is 6.43. The van der Waals surface area contributed by atoms with Gasteiger partial charge in [0.1, 0.15) is 6.04 Å². The minimum atomic E-state index is -0.529. The molecule has 1 atom stereocenters. The maximum atomic E-state index is 12.3. The molecule has 0 aromatic heterocycles. The third kappa shape index (κ3) is 5.41. The van der Waals surface area contributed by atoms with E-state index in [9.17, 15) is 9.59 Å². The van der Waals surface area contributed by atoms with E-state index in [1.165, 1.54) is 7.11 Å². The van der Waals surface area contributed by atoms with Crippen LogP contribution in [0.2, 0.25) is 0 Å². The van der Waals surface area contributed by atoms with Crippen LogP contribution >= 0.6 is 0 Å². The standard InChI is InChI=1S/C19H24N4O3/c1-13(18(24)21-15-9-11-17(12-10-15)23(2)3)20-14-5-7-16(8-6-14)22-19(25)26-4/h5-13,20H,1-4H3,(H,21,24)(H,22,25)/t13-/m1/s1. The average Bonchev–Trinajstić information content (AvgIpc) is 2.63. The van der Waals surface area contributed by atoms with Crippen molar-refractivity contribution in [3.63, 3.8) is 0 Å². The van der Waals surface area contributed by atoms with Gasteiger partial charge >= 0.3 is 6.09 Å². The van der Waals surface area contributed by atoms with Gasteiger partial charge in [-0.15, -0.1) is 0 Å². The van der Waals surface area contributed by atoms with Crippen LogP contribution in [0.5, 0.6) is 0 Å². The van der Waals surface area contributed by atoms with Crippen molar-refractivity contribution in [2.24, 2.45) is 0 Å². The van der Waals surface area contributed by atoms with Crippen molar-refractivity contribution in [1.29, 1.82) is 0 Å². The molecule has 0 heterocycles. The molecule has 3 N–H and O–H groups in total. The zero-order valence-electron chi connectivity index (χ0n) is 15.4. The zero-order chi connectivity index (χ0) is 19.1. The summed E-state index contributed by atoms with van der Waals surface area (Å²) < 4.78 is 4.54. The number of carbonyl (C=O) groups is 2. The Morgan fingerprint density at radius 2 is 1.38 bits per heavy atom. The van der Waals surface area contributed by atoms with E-state index in [1.54, 1.807) is 31.2 Å². The van der Waals surface area contributed by atoms with E-state index in [2.05, 4.69) is 20.7 Å². The van der Waals surface area contributed by atoms with Crippen molar-refractivity contribution in [2.45, 2.75) is 13.0 Å². The highest BCUT2D eigenvalue weighted by Gasteiger charge is 2.13.